The maximum Gasteiger partial charge on any atom is 0.333 e. The molecule has 8 atom stereocenters. The van der Waals surface area contributed by atoms with E-state index in [1.54, 1.807) is 12.3 Å². The van der Waals surface area contributed by atoms with Gasteiger partial charge in [-0.25, -0.2) is 4.79 Å². The molecular weight excluding hydrogens is 570 g/mol. The summed E-state index contributed by atoms with van der Waals surface area (Å²) in [6.45, 7) is 3.36. The Morgan fingerprint density at radius 3 is 2.70 bits per heavy atom. The predicted molar refractivity (Wildman–Crippen MR) is 157 cm³/mol. The molecule has 3 heterocycles. The van der Waals surface area contributed by atoms with Gasteiger partial charge >= 0.3 is 11.9 Å². The highest BCUT2D eigenvalue weighted by molar-refractivity contribution is 5.90. The van der Waals surface area contributed by atoms with Gasteiger partial charge < -0.3 is 44.4 Å². The van der Waals surface area contributed by atoms with E-state index in [0.29, 0.717) is 12.3 Å². The number of aliphatic hydroxyl groups is 3. The summed E-state index contributed by atoms with van der Waals surface area (Å²) in [5, 5.41) is 45.8. The van der Waals surface area contributed by atoms with Crippen LogP contribution in [0.5, 0.6) is 0 Å². The second-order valence-electron chi connectivity index (χ2n) is 12.9. The first-order valence-corrected chi connectivity index (χ1v) is 15.7. The van der Waals surface area contributed by atoms with Gasteiger partial charge in [-0.05, 0) is 43.2 Å². The molecule has 0 aromatic carbocycles. The molecule has 2 aliphatic heterocycles. The Kier molecular flexibility index (Phi) is 8.53. The van der Waals surface area contributed by atoms with Crippen molar-refractivity contribution in [3.05, 3.63) is 46.6 Å². The molecule has 0 radical (unpaired) electrons. The van der Waals surface area contributed by atoms with Crippen LogP contribution in [0, 0.1) is 17.8 Å². The molecule has 2 saturated carbocycles. The van der Waals surface area contributed by atoms with E-state index < -0.39 is 66.2 Å². The Labute approximate surface area is 255 Å². The van der Waals surface area contributed by atoms with Gasteiger partial charge in [0, 0.05) is 28.3 Å². The summed E-state index contributed by atoms with van der Waals surface area (Å²) in [5.74, 6) is -2.52. The van der Waals surface area contributed by atoms with Crippen molar-refractivity contribution in [3.8, 4) is 0 Å². The van der Waals surface area contributed by atoms with Crippen molar-refractivity contribution in [1.82, 2.24) is 4.98 Å². The van der Waals surface area contributed by atoms with E-state index in [9.17, 15) is 30.0 Å². The number of carbonyl (C=O) groups is 2. The molecule has 0 unspecified atom stereocenters. The van der Waals surface area contributed by atoms with E-state index in [0.717, 1.165) is 28.3 Å². The quantitative estimate of drug-likeness (QED) is 0.202. The Morgan fingerprint density at radius 2 is 2.02 bits per heavy atom. The largest absolute Gasteiger partial charge is 0.483 e. The number of hydrogen-bond donors (Lipinski definition) is 5. The first-order chi connectivity index (χ1) is 21.2. The van der Waals surface area contributed by atoms with Gasteiger partial charge in [0.1, 0.15) is 24.1 Å². The highest BCUT2D eigenvalue weighted by atomic mass is 16.7. The van der Waals surface area contributed by atoms with Crippen LogP contribution in [0.4, 0.5) is 0 Å². The van der Waals surface area contributed by atoms with Gasteiger partial charge in [0.05, 0.1) is 31.6 Å². The fraction of sp³-hybridized carbons (Fsp3) is 0.636. The van der Waals surface area contributed by atoms with Crippen LogP contribution in [-0.4, -0.2) is 86.9 Å². The van der Waals surface area contributed by atoms with Gasteiger partial charge in [0.15, 0.2) is 11.9 Å². The number of carboxylic acids is 1. The third-order valence-corrected chi connectivity index (χ3v) is 10.6. The Morgan fingerprint density at radius 1 is 1.25 bits per heavy atom. The fourth-order valence-electron chi connectivity index (χ4n) is 8.33. The Balaban J connectivity index is 1.30. The number of carboxylic acid groups (broad SMARTS) is 1. The van der Waals surface area contributed by atoms with Crippen LogP contribution in [0.2, 0.25) is 0 Å². The van der Waals surface area contributed by atoms with E-state index in [-0.39, 0.29) is 24.8 Å². The van der Waals surface area contributed by atoms with Crippen LogP contribution in [0.25, 0.3) is 11.8 Å². The lowest BCUT2D eigenvalue weighted by atomic mass is 9.63. The smallest absolute Gasteiger partial charge is 0.333 e. The summed E-state index contributed by atoms with van der Waals surface area (Å²) in [7, 11) is 1.23. The van der Waals surface area contributed by atoms with Crippen molar-refractivity contribution in [2.45, 2.75) is 100 Å². The highest BCUT2D eigenvalue weighted by Gasteiger charge is 2.69. The summed E-state index contributed by atoms with van der Waals surface area (Å²) >= 11 is 0. The lowest BCUT2D eigenvalue weighted by molar-refractivity contribution is -0.371. The molecule has 1 spiro atoms. The van der Waals surface area contributed by atoms with Gasteiger partial charge in [-0.15, -0.1) is 6.58 Å². The molecule has 2 bridgehead atoms. The van der Waals surface area contributed by atoms with E-state index in [1.807, 2.05) is 0 Å². The molecule has 1 aromatic heterocycles. The van der Waals surface area contributed by atoms with Crippen LogP contribution in [0.15, 0.2) is 30.4 Å². The average Bonchev–Trinajstić information content (AvgIpc) is 3.42. The molecule has 3 aliphatic carbocycles. The SMILES string of the molecule is C=C[C@@H]1[C@H](CC(=O)O)C(C(=O)OC)=CC[C@H]1O[C@@H]1O[C@H](CO)[C@]23OC=c4[nH]c(CC5CCCCC5)cc4=C2CC[C@@]1(O)[C@H]3O. The van der Waals surface area contributed by atoms with Gasteiger partial charge in [0.25, 0.3) is 0 Å². The Bertz CT molecular complexity index is 1440. The summed E-state index contributed by atoms with van der Waals surface area (Å²) in [6, 6.07) is 2.11. The zero-order valence-electron chi connectivity index (χ0n) is 25.1. The molecule has 44 heavy (non-hydrogen) atoms. The van der Waals surface area contributed by atoms with E-state index in [1.165, 1.54) is 45.3 Å². The van der Waals surface area contributed by atoms with Crippen molar-refractivity contribution >= 4 is 23.8 Å². The number of rotatable bonds is 9. The molecule has 240 valence electrons. The number of methoxy groups -OCH3 is 1. The standard InChI is InChI=1S/C33H43NO10/c1-3-20-22(15-28(36)37)21(29(38)41-2)9-10-26(20)43-31-32(40)12-11-24-23-14-19(13-18-7-5-4-6-8-18)34-25(23)17-42-33(24,30(32)39)27(16-35)44-31/h3,9,14,17-18,20,22,26-27,30-31,34-35,39-40H,1,4-8,10-13,15-16H2,2H3,(H,36,37)/t20-,22+,26-,27-,30-,31-,32-,33-/m1/s1. The second-order valence-corrected chi connectivity index (χ2v) is 12.9. The number of carbonyl (C=O) groups excluding carboxylic acids is 1. The van der Waals surface area contributed by atoms with Crippen LogP contribution in [0.3, 0.4) is 0 Å². The number of hydrogen-bond acceptors (Lipinski definition) is 9. The van der Waals surface area contributed by atoms with Crippen LogP contribution >= 0.6 is 0 Å². The maximum absolute atomic E-state index is 12.5. The molecule has 0 amide bonds. The molecular formula is C33H43NO10. The summed E-state index contributed by atoms with van der Waals surface area (Å²) in [6.07, 6.45) is 7.46. The van der Waals surface area contributed by atoms with Crippen molar-refractivity contribution in [2.24, 2.45) is 17.8 Å². The topological polar surface area (TPSA) is 168 Å². The minimum Gasteiger partial charge on any atom is -0.483 e. The van der Waals surface area contributed by atoms with Crippen LogP contribution in [0.1, 0.15) is 63.5 Å². The monoisotopic (exact) mass is 613 g/mol. The fourth-order valence-corrected chi connectivity index (χ4v) is 8.33. The number of H-pyrrole nitrogens is 1. The third-order valence-electron chi connectivity index (χ3n) is 10.6. The van der Waals surface area contributed by atoms with Crippen molar-refractivity contribution in [2.75, 3.05) is 13.7 Å². The van der Waals surface area contributed by atoms with Gasteiger partial charge in [-0.1, -0.05) is 44.3 Å². The minimum atomic E-state index is -1.90. The molecule has 5 N–H and O–H groups in total. The highest BCUT2D eigenvalue weighted by Crippen LogP contribution is 2.53. The molecule has 11 heteroatoms. The summed E-state index contributed by atoms with van der Waals surface area (Å²) in [4.78, 5) is 27.7. The van der Waals surface area contributed by atoms with Crippen molar-refractivity contribution in [3.63, 3.8) is 0 Å². The van der Waals surface area contributed by atoms with Crippen LogP contribution in [-0.2, 0) is 35.0 Å². The number of esters is 1. The number of fused-ring (bicyclic) bond motifs is 2. The van der Waals surface area contributed by atoms with Gasteiger partial charge in [0.2, 0.25) is 0 Å². The second kappa shape index (κ2) is 12.1. The molecule has 3 fully saturated rings. The number of aliphatic carboxylic acids is 1. The molecule has 6 rings (SSSR count). The summed E-state index contributed by atoms with van der Waals surface area (Å²) < 4.78 is 23.8. The van der Waals surface area contributed by atoms with Crippen molar-refractivity contribution < 1.29 is 49.0 Å². The van der Waals surface area contributed by atoms with E-state index in [4.69, 9.17) is 18.9 Å². The predicted octanol–water partition coefficient (Wildman–Crippen LogP) is 1.18. The zero-order valence-corrected chi connectivity index (χ0v) is 25.1. The molecule has 1 saturated heterocycles. The third kappa shape index (κ3) is 5.02. The van der Waals surface area contributed by atoms with Gasteiger partial charge in [-0.2, -0.15) is 0 Å². The van der Waals surface area contributed by atoms with Gasteiger partial charge in [-0.3, -0.25) is 4.79 Å². The zero-order chi connectivity index (χ0) is 31.2. The molecule has 5 aliphatic rings. The van der Waals surface area contributed by atoms with Crippen LogP contribution < -0.4 is 10.6 Å². The number of aromatic nitrogens is 1. The lowest BCUT2D eigenvalue weighted by Gasteiger charge is -2.59. The molecule has 11 nitrogen and oxygen atoms in total. The van der Waals surface area contributed by atoms with E-state index >= 15 is 0 Å². The first-order valence-electron chi connectivity index (χ1n) is 15.7. The minimum absolute atomic E-state index is 0.104. The average molecular weight is 614 g/mol. The number of aliphatic hydroxyl groups excluding tert-OH is 2. The number of nitrogens with one attached hydrogen (secondary N) is 1. The maximum atomic E-state index is 12.5. The Hall–Kier alpha value is -2.96. The number of aromatic amines is 1. The lowest BCUT2D eigenvalue weighted by Crippen LogP contribution is -2.77. The number of ether oxygens (including phenoxy) is 4. The normalized spacial score (nSPS) is 36.6. The first kappa shape index (κ1) is 31.0. The summed E-state index contributed by atoms with van der Waals surface area (Å²) in [5.41, 5.74) is -1.33. The molecule has 1 aromatic rings. The van der Waals surface area contributed by atoms with E-state index in [2.05, 4.69) is 17.6 Å². The van der Waals surface area contributed by atoms with Crippen molar-refractivity contribution in [1.29, 1.82) is 0 Å².